The molecule has 3 aromatic rings. The maximum atomic E-state index is 13.6. The van der Waals surface area contributed by atoms with Crippen molar-refractivity contribution in [1.29, 1.82) is 0 Å². The lowest BCUT2D eigenvalue weighted by Gasteiger charge is -2.26. The van der Waals surface area contributed by atoms with Crippen LogP contribution in [-0.2, 0) is 14.6 Å². The number of rotatable bonds is 16. The van der Waals surface area contributed by atoms with Gasteiger partial charge >= 0.3 is 6.09 Å². The number of hydrogen-bond acceptors (Lipinski definition) is 13. The molecule has 0 bridgehead atoms. The first-order chi connectivity index (χ1) is 21.8. The van der Waals surface area contributed by atoms with Gasteiger partial charge in [-0.2, -0.15) is 0 Å². The van der Waals surface area contributed by atoms with Gasteiger partial charge < -0.3 is 15.2 Å². The van der Waals surface area contributed by atoms with Crippen LogP contribution < -0.4 is 15.9 Å². The summed E-state index contributed by atoms with van der Waals surface area (Å²) in [5, 5.41) is 34.4. The average Bonchev–Trinajstić information content (AvgIpc) is 3.02. The molecule has 0 aromatic heterocycles. The monoisotopic (exact) mass is 679 g/mol. The summed E-state index contributed by atoms with van der Waals surface area (Å²) in [4.78, 5) is 47.8. The van der Waals surface area contributed by atoms with E-state index >= 15 is 0 Å². The van der Waals surface area contributed by atoms with Gasteiger partial charge in [0, 0.05) is 17.2 Å². The highest BCUT2D eigenvalue weighted by Crippen LogP contribution is 2.31. The Hall–Kier alpha value is -4.68. The molecule has 0 aliphatic rings. The van der Waals surface area contributed by atoms with E-state index in [1.165, 1.54) is 55.6 Å². The Labute approximate surface area is 267 Å². The van der Waals surface area contributed by atoms with Crippen LogP contribution in [0.3, 0.4) is 0 Å². The molecule has 0 aliphatic carbocycles. The Bertz CT molecular complexity index is 1640. The van der Waals surface area contributed by atoms with Crippen molar-refractivity contribution in [3.05, 3.63) is 103 Å². The number of carbonyl (C=O) groups excluding carboxylic acids is 2. The van der Waals surface area contributed by atoms with Crippen molar-refractivity contribution in [2.45, 2.75) is 36.3 Å². The number of nitrogens with one attached hydrogen (secondary N) is 1. The number of amides is 1. The molecule has 4 N–H and O–H groups in total. The lowest BCUT2D eigenvalue weighted by molar-refractivity contribution is -0.394. The molecule has 0 heterocycles. The predicted octanol–water partition coefficient (Wildman–Crippen LogP) is 4.39. The van der Waals surface area contributed by atoms with Gasteiger partial charge in [-0.15, -0.1) is 0 Å². The van der Waals surface area contributed by atoms with Gasteiger partial charge in [0.15, 0.2) is 21.2 Å². The van der Waals surface area contributed by atoms with E-state index in [4.69, 9.17) is 26.8 Å². The van der Waals surface area contributed by atoms with E-state index in [2.05, 4.69) is 0 Å². The van der Waals surface area contributed by atoms with Crippen molar-refractivity contribution in [2.75, 3.05) is 19.4 Å². The van der Waals surface area contributed by atoms with Gasteiger partial charge in [0.25, 0.3) is 11.4 Å². The zero-order valence-electron chi connectivity index (χ0n) is 24.3. The molecular formula is C28H30ClN5O11S. The third kappa shape index (κ3) is 9.18. The quantitative estimate of drug-likeness (QED) is 0.0825. The molecule has 0 fully saturated rings. The minimum Gasteiger partial charge on any atom is -0.497 e. The molecule has 46 heavy (non-hydrogen) atoms. The number of unbranched alkanes of at least 4 members (excludes halogenated alkanes) is 1. The van der Waals surface area contributed by atoms with Gasteiger partial charge in [-0.05, 0) is 73.8 Å². The average molecular weight is 680 g/mol. The van der Waals surface area contributed by atoms with Crippen LogP contribution >= 0.6 is 11.6 Å². The molecule has 1 unspecified atom stereocenters. The molecule has 16 nitrogen and oxygen atoms in total. The smallest absolute Gasteiger partial charge is 0.424 e. The number of ether oxygens (including phenoxy) is 2. The summed E-state index contributed by atoms with van der Waals surface area (Å²) in [6.45, 7) is 0.180. The van der Waals surface area contributed by atoms with Crippen molar-refractivity contribution in [3.8, 4) is 5.75 Å². The fraction of sp³-hybridized carbons (Fsp3) is 0.286. The van der Waals surface area contributed by atoms with Gasteiger partial charge in [0.05, 0.1) is 27.6 Å². The number of carbonyl (C=O) groups is 2. The van der Waals surface area contributed by atoms with Crippen LogP contribution in [0.5, 0.6) is 5.75 Å². The minimum absolute atomic E-state index is 0.0143. The molecule has 1 amide bonds. The number of hydrogen-bond donors (Lipinski definition) is 3. The van der Waals surface area contributed by atoms with Gasteiger partial charge in [-0.25, -0.2) is 18.6 Å². The number of nitro benzene ring substituents is 2. The molecule has 0 spiro atoms. The SMILES string of the molecule is COc1ccc(C(CS(=O)(=O)c2ccc(Cl)cc2)OC(=O)NN(O)[C@@H](CCCCN)C(=O)c2c([N+](=O)[O-])cccc2[N+](=O)[O-])cc1. The topological polar surface area (TPSA) is 235 Å². The predicted molar refractivity (Wildman–Crippen MR) is 163 cm³/mol. The highest BCUT2D eigenvalue weighted by atomic mass is 35.5. The normalized spacial score (nSPS) is 12.6. The third-order valence-corrected chi connectivity index (χ3v) is 8.66. The Balaban J connectivity index is 1.92. The van der Waals surface area contributed by atoms with Crippen LogP contribution in [0.15, 0.2) is 71.6 Å². The molecular weight excluding hydrogens is 650 g/mol. The van der Waals surface area contributed by atoms with Gasteiger partial charge in [-0.1, -0.05) is 28.9 Å². The maximum Gasteiger partial charge on any atom is 0.424 e. The Morgan fingerprint density at radius 3 is 2.11 bits per heavy atom. The lowest BCUT2D eigenvalue weighted by atomic mass is 9.97. The summed E-state index contributed by atoms with van der Waals surface area (Å²) in [6.07, 6.45) is -2.61. The fourth-order valence-electron chi connectivity index (χ4n) is 4.38. The number of nitro groups is 2. The molecule has 0 saturated heterocycles. The molecule has 18 heteroatoms. The standard InChI is InChI=1S/C28H30ClN5O11S/c1-44-20-12-8-18(9-13-20)25(17-46(42,43)21-14-10-19(29)11-15-21)45-28(36)31-32(37)24(5-2-3-16-30)27(35)26-22(33(38)39)6-4-7-23(26)34(40)41/h4,6-15,24-25,37H,2-3,5,16-17,30H2,1H3,(H,31,36)/t24-,25?/m0/s1. The summed E-state index contributed by atoms with van der Waals surface area (Å²) in [5.74, 6) is -1.56. The number of Topliss-reactive ketones (excluding diaryl/α,β-unsaturated/α-hetero) is 1. The second-order valence-corrected chi connectivity index (χ2v) is 12.2. The number of halogens is 1. The summed E-state index contributed by atoms with van der Waals surface area (Å²) < 4.78 is 37.0. The highest BCUT2D eigenvalue weighted by Gasteiger charge is 2.38. The van der Waals surface area contributed by atoms with Crippen LogP contribution in [0.25, 0.3) is 0 Å². The zero-order valence-corrected chi connectivity index (χ0v) is 25.8. The van der Waals surface area contributed by atoms with Crippen molar-refractivity contribution < 1.29 is 42.5 Å². The Kier molecular flexibility index (Phi) is 12.5. The molecule has 0 aliphatic heterocycles. The number of methoxy groups -OCH3 is 1. The molecule has 0 saturated carbocycles. The van der Waals surface area contributed by atoms with E-state index in [0.29, 0.717) is 17.2 Å². The minimum atomic E-state index is -4.09. The lowest BCUT2D eigenvalue weighted by Crippen LogP contribution is -2.50. The van der Waals surface area contributed by atoms with Crippen molar-refractivity contribution in [3.63, 3.8) is 0 Å². The molecule has 0 radical (unpaired) electrons. The van der Waals surface area contributed by atoms with Gasteiger partial charge in [0.1, 0.15) is 17.9 Å². The summed E-state index contributed by atoms with van der Waals surface area (Å²) >= 11 is 5.87. The molecule has 3 aromatic carbocycles. The van der Waals surface area contributed by atoms with Crippen LogP contribution in [0.4, 0.5) is 16.2 Å². The number of sulfone groups is 1. The highest BCUT2D eigenvalue weighted by molar-refractivity contribution is 7.91. The van der Waals surface area contributed by atoms with E-state index in [0.717, 1.165) is 18.2 Å². The number of ketones is 1. The van der Waals surface area contributed by atoms with Crippen LogP contribution in [0.1, 0.15) is 41.3 Å². The van der Waals surface area contributed by atoms with E-state index < -0.39 is 66.4 Å². The largest absolute Gasteiger partial charge is 0.497 e. The van der Waals surface area contributed by atoms with E-state index in [9.17, 15) is 43.4 Å². The molecule has 3 rings (SSSR count). The Morgan fingerprint density at radius 1 is 1.00 bits per heavy atom. The fourth-order valence-corrected chi connectivity index (χ4v) is 5.91. The number of benzene rings is 3. The van der Waals surface area contributed by atoms with E-state index in [1.807, 2.05) is 5.43 Å². The Morgan fingerprint density at radius 2 is 1.59 bits per heavy atom. The first-order valence-corrected chi connectivity index (χ1v) is 15.6. The van der Waals surface area contributed by atoms with E-state index in [-0.39, 0.29) is 35.0 Å². The second-order valence-electron chi connectivity index (χ2n) is 9.71. The van der Waals surface area contributed by atoms with Crippen molar-refractivity contribution in [2.24, 2.45) is 5.73 Å². The summed E-state index contributed by atoms with van der Waals surface area (Å²) in [5.41, 5.74) is 5.00. The molecule has 246 valence electrons. The van der Waals surface area contributed by atoms with E-state index in [1.54, 1.807) is 0 Å². The van der Waals surface area contributed by atoms with Crippen LogP contribution in [-0.4, -0.2) is 66.0 Å². The first kappa shape index (κ1) is 35.8. The number of nitrogens with zero attached hydrogens (tertiary/aromatic N) is 3. The molecule has 2 atom stereocenters. The first-order valence-electron chi connectivity index (χ1n) is 13.5. The zero-order chi connectivity index (χ0) is 34.0. The second kappa shape index (κ2) is 16.1. The summed E-state index contributed by atoms with van der Waals surface area (Å²) in [6, 6.07) is 12.3. The van der Waals surface area contributed by atoms with Crippen molar-refractivity contribution in [1.82, 2.24) is 10.6 Å². The number of hydrazine groups is 1. The maximum absolute atomic E-state index is 13.6. The van der Waals surface area contributed by atoms with Gasteiger partial charge in [-0.3, -0.25) is 30.2 Å². The van der Waals surface area contributed by atoms with Crippen LogP contribution in [0, 0.1) is 20.2 Å². The van der Waals surface area contributed by atoms with Crippen molar-refractivity contribution >= 4 is 44.7 Å². The number of nitrogens with two attached hydrogens (primary N) is 1. The van der Waals surface area contributed by atoms with Gasteiger partial charge in [0.2, 0.25) is 0 Å². The number of hydroxylamine groups is 1. The van der Waals surface area contributed by atoms with Crippen LogP contribution in [0.2, 0.25) is 5.02 Å². The summed E-state index contributed by atoms with van der Waals surface area (Å²) in [7, 11) is -2.67. The third-order valence-electron chi connectivity index (χ3n) is 6.68.